The van der Waals surface area contributed by atoms with Gasteiger partial charge in [-0.1, -0.05) is 6.42 Å². The molecule has 3 aromatic rings. The van der Waals surface area contributed by atoms with Crippen molar-refractivity contribution < 1.29 is 19.4 Å². The molecule has 33 heavy (non-hydrogen) atoms. The topological polar surface area (TPSA) is 59.0 Å². The third kappa shape index (κ3) is 5.08. The van der Waals surface area contributed by atoms with E-state index in [-0.39, 0.29) is 11.5 Å². The molecule has 0 spiro atoms. The third-order valence-corrected chi connectivity index (χ3v) is 8.08. The van der Waals surface area contributed by atoms with Crippen molar-refractivity contribution in [2.45, 2.75) is 38.0 Å². The van der Waals surface area contributed by atoms with Gasteiger partial charge in [0.25, 0.3) is 0 Å². The van der Waals surface area contributed by atoms with E-state index in [0.717, 1.165) is 58.9 Å². The summed E-state index contributed by atoms with van der Waals surface area (Å²) in [6, 6.07) is 12.8. The molecule has 2 saturated heterocycles. The number of thiophene rings is 1. The molecule has 0 bridgehead atoms. The second-order valence-electron chi connectivity index (χ2n) is 9.01. The molecule has 5 nitrogen and oxygen atoms in total. The number of carbonyl (C=O) groups excluding carboxylic acids is 1. The molecule has 0 atom stereocenters. The van der Waals surface area contributed by atoms with Crippen molar-refractivity contribution in [2.24, 2.45) is 0 Å². The Balaban J connectivity index is 1.34. The number of phenols is 1. The van der Waals surface area contributed by atoms with E-state index >= 15 is 0 Å². The number of rotatable bonds is 7. The van der Waals surface area contributed by atoms with E-state index in [4.69, 9.17) is 9.47 Å². The maximum atomic E-state index is 13.7. The lowest BCUT2D eigenvalue weighted by molar-refractivity contribution is 0.0854. The normalized spacial score (nSPS) is 17.9. The summed E-state index contributed by atoms with van der Waals surface area (Å²) in [4.78, 5) is 17.2. The molecule has 0 unspecified atom stereocenters. The number of ether oxygens (including phenoxy) is 2. The second-order valence-corrected chi connectivity index (χ2v) is 10.1. The zero-order valence-corrected chi connectivity index (χ0v) is 19.7. The summed E-state index contributed by atoms with van der Waals surface area (Å²) >= 11 is 1.63. The highest BCUT2D eigenvalue weighted by molar-refractivity contribution is 7.19. The van der Waals surface area contributed by atoms with Crippen molar-refractivity contribution in [1.82, 2.24) is 4.90 Å². The number of phenolic OH excluding ortho intramolecular Hbond substituents is 1. The van der Waals surface area contributed by atoms with Gasteiger partial charge in [0.15, 0.2) is 5.78 Å². The van der Waals surface area contributed by atoms with Crippen molar-refractivity contribution in [2.75, 3.05) is 39.5 Å². The number of nitrogens with zero attached hydrogens (tertiary/aromatic N) is 1. The van der Waals surface area contributed by atoms with E-state index < -0.39 is 0 Å². The lowest BCUT2D eigenvalue weighted by atomic mass is 9.91. The fraction of sp³-hybridized carbons (Fsp3) is 0.444. The van der Waals surface area contributed by atoms with Crippen molar-refractivity contribution in [3.05, 3.63) is 58.5 Å². The number of ketones is 1. The summed E-state index contributed by atoms with van der Waals surface area (Å²) in [5, 5.41) is 10.9. The van der Waals surface area contributed by atoms with Gasteiger partial charge < -0.3 is 14.6 Å². The van der Waals surface area contributed by atoms with Crippen molar-refractivity contribution in [3.63, 3.8) is 0 Å². The van der Waals surface area contributed by atoms with Crippen LogP contribution in [0.4, 0.5) is 0 Å². The average Bonchev–Trinajstić information content (AvgIpc) is 3.24. The summed E-state index contributed by atoms with van der Waals surface area (Å²) in [5.74, 6) is 1.38. The standard InChI is InChI=1S/C27H31NO4S/c29-21-6-9-23-24(18-21)33-27(20-10-15-31-16-11-20)25(23)26(30)19-4-7-22(8-5-19)32-17-14-28-12-2-1-3-13-28/h4-9,18,20,29H,1-3,10-17H2. The Kier molecular flexibility index (Phi) is 6.95. The molecule has 2 aromatic carbocycles. The smallest absolute Gasteiger partial charge is 0.194 e. The molecule has 1 aromatic heterocycles. The molecular weight excluding hydrogens is 434 g/mol. The number of hydrogen-bond donors (Lipinski definition) is 1. The van der Waals surface area contributed by atoms with Gasteiger partial charge in [0.05, 0.1) is 0 Å². The predicted octanol–water partition coefficient (Wildman–Crippen LogP) is 5.60. The third-order valence-electron chi connectivity index (χ3n) is 6.76. The Morgan fingerprint density at radius 3 is 2.58 bits per heavy atom. The zero-order valence-electron chi connectivity index (χ0n) is 18.9. The zero-order chi connectivity index (χ0) is 22.6. The van der Waals surface area contributed by atoms with Crippen molar-refractivity contribution >= 4 is 27.2 Å². The van der Waals surface area contributed by atoms with Gasteiger partial charge >= 0.3 is 0 Å². The van der Waals surface area contributed by atoms with Crippen molar-refractivity contribution in [1.29, 1.82) is 0 Å². The monoisotopic (exact) mass is 465 g/mol. The van der Waals surface area contributed by atoms with Crippen LogP contribution < -0.4 is 4.74 Å². The number of benzene rings is 2. The summed E-state index contributed by atoms with van der Waals surface area (Å²) in [5.41, 5.74) is 1.44. The second kappa shape index (κ2) is 10.2. The molecule has 0 aliphatic carbocycles. The maximum Gasteiger partial charge on any atom is 0.194 e. The lowest BCUT2D eigenvalue weighted by Gasteiger charge is -2.26. The highest BCUT2D eigenvalue weighted by Gasteiger charge is 2.27. The summed E-state index contributed by atoms with van der Waals surface area (Å²) in [6.07, 6.45) is 5.74. The van der Waals surface area contributed by atoms with Crippen LogP contribution in [0.25, 0.3) is 10.1 Å². The van der Waals surface area contributed by atoms with Gasteiger partial charge in [-0.15, -0.1) is 11.3 Å². The first-order valence-electron chi connectivity index (χ1n) is 12.0. The Morgan fingerprint density at radius 1 is 1.06 bits per heavy atom. The molecule has 1 N–H and O–H groups in total. The van der Waals surface area contributed by atoms with Gasteiger partial charge in [0, 0.05) is 45.8 Å². The van der Waals surface area contributed by atoms with E-state index in [1.54, 1.807) is 23.5 Å². The Morgan fingerprint density at radius 2 is 1.82 bits per heavy atom. The van der Waals surface area contributed by atoms with E-state index in [1.807, 2.05) is 30.3 Å². The van der Waals surface area contributed by atoms with Crippen LogP contribution in [0.2, 0.25) is 0 Å². The van der Waals surface area contributed by atoms with Gasteiger partial charge in [-0.05, 0) is 87.2 Å². The molecular formula is C27H31NO4S. The fourth-order valence-electron chi connectivity index (χ4n) is 4.91. The molecule has 2 aliphatic rings. The van der Waals surface area contributed by atoms with Crippen LogP contribution in [0.15, 0.2) is 42.5 Å². The first-order chi connectivity index (χ1) is 16.2. The molecule has 2 aliphatic heterocycles. The van der Waals surface area contributed by atoms with Crippen LogP contribution in [0.5, 0.6) is 11.5 Å². The molecule has 2 fully saturated rings. The number of aromatic hydroxyl groups is 1. The highest BCUT2D eigenvalue weighted by Crippen LogP contribution is 2.42. The van der Waals surface area contributed by atoms with Crippen LogP contribution in [0, 0.1) is 0 Å². The molecule has 3 heterocycles. The fourth-order valence-corrected chi connectivity index (χ4v) is 6.31. The summed E-state index contributed by atoms with van der Waals surface area (Å²) < 4.78 is 12.4. The number of likely N-dealkylation sites (tertiary alicyclic amines) is 1. The number of piperidine rings is 1. The van der Waals surface area contributed by atoms with Crippen LogP contribution in [-0.2, 0) is 4.74 Å². The van der Waals surface area contributed by atoms with Crippen molar-refractivity contribution in [3.8, 4) is 11.5 Å². The Bertz CT molecular complexity index is 1100. The van der Waals surface area contributed by atoms with E-state index in [0.29, 0.717) is 18.1 Å². The van der Waals surface area contributed by atoms with Gasteiger partial charge in [-0.3, -0.25) is 9.69 Å². The lowest BCUT2D eigenvalue weighted by Crippen LogP contribution is -2.33. The minimum atomic E-state index is 0.0355. The number of carbonyl (C=O) groups is 1. The Labute approximate surface area is 198 Å². The quantitative estimate of drug-likeness (QED) is 0.461. The molecule has 0 radical (unpaired) electrons. The van der Waals surface area contributed by atoms with Gasteiger partial charge in [-0.25, -0.2) is 0 Å². The minimum Gasteiger partial charge on any atom is -0.508 e. The largest absolute Gasteiger partial charge is 0.508 e. The van der Waals surface area contributed by atoms with E-state index in [9.17, 15) is 9.90 Å². The van der Waals surface area contributed by atoms with Gasteiger partial charge in [0.1, 0.15) is 18.1 Å². The van der Waals surface area contributed by atoms with Gasteiger partial charge in [-0.2, -0.15) is 0 Å². The number of hydrogen-bond acceptors (Lipinski definition) is 6. The minimum absolute atomic E-state index is 0.0355. The highest BCUT2D eigenvalue weighted by atomic mass is 32.1. The molecule has 5 rings (SSSR count). The first-order valence-corrected chi connectivity index (χ1v) is 12.8. The molecule has 0 saturated carbocycles. The number of fused-ring (bicyclic) bond motifs is 1. The van der Waals surface area contributed by atoms with Crippen LogP contribution in [0.1, 0.15) is 58.8 Å². The molecule has 0 amide bonds. The SMILES string of the molecule is O=C(c1ccc(OCCN2CCCCC2)cc1)c1c(C2CCOCC2)sc2cc(O)ccc12. The van der Waals surface area contributed by atoms with E-state index in [1.165, 1.54) is 32.4 Å². The average molecular weight is 466 g/mol. The molecule has 6 heteroatoms. The van der Waals surface area contributed by atoms with Crippen LogP contribution in [-0.4, -0.2) is 55.2 Å². The van der Waals surface area contributed by atoms with Crippen LogP contribution >= 0.6 is 11.3 Å². The molecule has 174 valence electrons. The predicted molar refractivity (Wildman–Crippen MR) is 132 cm³/mol. The van der Waals surface area contributed by atoms with Crippen LogP contribution in [0.3, 0.4) is 0 Å². The summed E-state index contributed by atoms with van der Waals surface area (Å²) in [6.45, 7) is 5.39. The Hall–Kier alpha value is -2.41. The van der Waals surface area contributed by atoms with E-state index in [2.05, 4.69) is 4.90 Å². The maximum absolute atomic E-state index is 13.7. The van der Waals surface area contributed by atoms with Gasteiger partial charge in [0.2, 0.25) is 0 Å². The summed E-state index contributed by atoms with van der Waals surface area (Å²) in [7, 11) is 0. The first kappa shape index (κ1) is 22.4.